The monoisotopic (exact) mass is 341 g/mol. The second-order valence-electron chi connectivity index (χ2n) is 7.08. The molecule has 7 heteroatoms. The topological polar surface area (TPSA) is 70.8 Å². The lowest BCUT2D eigenvalue weighted by Gasteiger charge is -2.29. The number of nitrogens with zero attached hydrogens (tertiary/aromatic N) is 5. The van der Waals surface area contributed by atoms with Gasteiger partial charge < -0.3 is 9.80 Å². The zero-order valence-electron chi connectivity index (χ0n) is 14.5. The van der Waals surface area contributed by atoms with Crippen LogP contribution in [0.15, 0.2) is 18.6 Å². The summed E-state index contributed by atoms with van der Waals surface area (Å²) in [5, 5.41) is 4.23. The number of amides is 2. The van der Waals surface area contributed by atoms with E-state index in [1.807, 2.05) is 18.0 Å². The van der Waals surface area contributed by atoms with Crippen molar-refractivity contribution in [1.82, 2.24) is 24.4 Å². The van der Waals surface area contributed by atoms with Crippen LogP contribution in [-0.4, -0.2) is 62.4 Å². The van der Waals surface area contributed by atoms with Gasteiger partial charge >= 0.3 is 0 Å². The largest absolute Gasteiger partial charge is 0.342 e. The van der Waals surface area contributed by atoms with Gasteiger partial charge in [0.15, 0.2) is 5.65 Å². The Labute approximate surface area is 146 Å². The summed E-state index contributed by atoms with van der Waals surface area (Å²) in [7, 11) is 0. The zero-order chi connectivity index (χ0) is 17.4. The number of carbonyl (C=O) groups excluding carboxylic acids is 2. The standard InChI is InChI=1S/C18H23N5O2/c1-13-9-19-16-15(10-20-23(16)11-13)18(25)22-8-5-14(12-22)17(24)21-6-3-2-4-7-21/h9-11,14H,2-8,12H2,1H3/t14-/m1/s1. The van der Waals surface area contributed by atoms with E-state index in [1.54, 1.807) is 21.8 Å². The number of piperidine rings is 1. The van der Waals surface area contributed by atoms with Gasteiger partial charge in [-0.15, -0.1) is 0 Å². The molecule has 2 fully saturated rings. The predicted octanol–water partition coefficient (Wildman–Crippen LogP) is 1.51. The molecule has 132 valence electrons. The van der Waals surface area contributed by atoms with Gasteiger partial charge in [0, 0.05) is 38.6 Å². The van der Waals surface area contributed by atoms with Crippen LogP contribution in [0.25, 0.3) is 5.65 Å². The average Bonchev–Trinajstić information content (AvgIpc) is 3.28. The Morgan fingerprint density at radius 2 is 1.88 bits per heavy atom. The van der Waals surface area contributed by atoms with Gasteiger partial charge in [-0.2, -0.15) is 5.10 Å². The van der Waals surface area contributed by atoms with Crippen LogP contribution < -0.4 is 0 Å². The molecule has 0 aliphatic carbocycles. The van der Waals surface area contributed by atoms with E-state index in [2.05, 4.69) is 10.1 Å². The van der Waals surface area contributed by atoms with Gasteiger partial charge in [0.25, 0.3) is 5.91 Å². The maximum Gasteiger partial charge on any atom is 0.259 e. The molecule has 2 saturated heterocycles. The molecule has 2 aromatic rings. The number of hydrogen-bond donors (Lipinski definition) is 0. The van der Waals surface area contributed by atoms with Gasteiger partial charge in [-0.3, -0.25) is 9.59 Å². The van der Waals surface area contributed by atoms with Crippen LogP contribution in [0.1, 0.15) is 41.6 Å². The van der Waals surface area contributed by atoms with Crippen LogP contribution in [0.2, 0.25) is 0 Å². The molecule has 0 saturated carbocycles. The van der Waals surface area contributed by atoms with E-state index >= 15 is 0 Å². The number of rotatable bonds is 2. The zero-order valence-corrected chi connectivity index (χ0v) is 14.5. The maximum atomic E-state index is 12.9. The van der Waals surface area contributed by atoms with Crippen LogP contribution in [0.4, 0.5) is 0 Å². The minimum atomic E-state index is -0.0831. The summed E-state index contributed by atoms with van der Waals surface area (Å²) in [4.78, 5) is 33.6. The average molecular weight is 341 g/mol. The van der Waals surface area contributed by atoms with E-state index in [4.69, 9.17) is 0 Å². The van der Waals surface area contributed by atoms with E-state index in [1.165, 1.54) is 6.42 Å². The summed E-state index contributed by atoms with van der Waals surface area (Å²) >= 11 is 0. The van der Waals surface area contributed by atoms with Crippen molar-refractivity contribution >= 4 is 17.5 Å². The molecule has 2 amide bonds. The molecule has 25 heavy (non-hydrogen) atoms. The van der Waals surface area contributed by atoms with Crippen molar-refractivity contribution in [1.29, 1.82) is 0 Å². The third-order valence-electron chi connectivity index (χ3n) is 5.21. The Hall–Kier alpha value is -2.44. The minimum Gasteiger partial charge on any atom is -0.342 e. The van der Waals surface area contributed by atoms with Gasteiger partial charge in [-0.1, -0.05) is 0 Å². The Bertz CT molecular complexity index is 809. The first kappa shape index (κ1) is 16.1. The molecule has 1 atom stereocenters. The molecule has 0 radical (unpaired) electrons. The molecule has 4 rings (SSSR count). The van der Waals surface area contributed by atoms with E-state index in [0.29, 0.717) is 24.3 Å². The number of fused-ring (bicyclic) bond motifs is 1. The Balaban J connectivity index is 1.47. The molecule has 7 nitrogen and oxygen atoms in total. The Kier molecular flexibility index (Phi) is 4.15. The highest BCUT2D eigenvalue weighted by Gasteiger charge is 2.35. The normalized spacial score (nSPS) is 21.1. The van der Waals surface area contributed by atoms with Gasteiger partial charge in [-0.05, 0) is 38.2 Å². The number of hydrogen-bond acceptors (Lipinski definition) is 4. The first-order valence-electron chi connectivity index (χ1n) is 9.01. The summed E-state index contributed by atoms with van der Waals surface area (Å²) in [6, 6.07) is 0. The molecule has 0 bridgehead atoms. The van der Waals surface area contributed by atoms with Crippen molar-refractivity contribution in [2.75, 3.05) is 26.2 Å². The predicted molar refractivity (Wildman–Crippen MR) is 92.2 cm³/mol. The second-order valence-corrected chi connectivity index (χ2v) is 7.08. The fourth-order valence-corrected chi connectivity index (χ4v) is 3.81. The Morgan fingerprint density at radius 1 is 1.08 bits per heavy atom. The SMILES string of the molecule is Cc1cnc2c(C(=O)N3CC[C@@H](C(=O)N4CCCCC4)C3)cnn2c1. The van der Waals surface area contributed by atoms with Crippen molar-refractivity contribution in [3.63, 3.8) is 0 Å². The van der Waals surface area contributed by atoms with Gasteiger partial charge in [0.1, 0.15) is 5.56 Å². The first-order chi connectivity index (χ1) is 12.1. The number of carbonyl (C=O) groups is 2. The van der Waals surface area contributed by atoms with Crippen LogP contribution in [0.5, 0.6) is 0 Å². The van der Waals surface area contributed by atoms with Crippen LogP contribution in [-0.2, 0) is 4.79 Å². The third-order valence-corrected chi connectivity index (χ3v) is 5.21. The molecule has 2 aromatic heterocycles. The van der Waals surface area contributed by atoms with Crippen molar-refractivity contribution in [3.05, 3.63) is 29.7 Å². The number of likely N-dealkylation sites (tertiary alicyclic amines) is 2. The highest BCUT2D eigenvalue weighted by Crippen LogP contribution is 2.23. The highest BCUT2D eigenvalue weighted by atomic mass is 16.2. The molecule has 0 unspecified atom stereocenters. The lowest BCUT2D eigenvalue weighted by molar-refractivity contribution is -0.135. The van der Waals surface area contributed by atoms with E-state index < -0.39 is 0 Å². The summed E-state index contributed by atoms with van der Waals surface area (Å²) in [6.45, 7) is 4.78. The molecule has 0 spiro atoms. The lowest BCUT2D eigenvalue weighted by atomic mass is 10.0. The summed E-state index contributed by atoms with van der Waals surface area (Å²) in [5.74, 6) is 0.0583. The van der Waals surface area contributed by atoms with Crippen LogP contribution >= 0.6 is 0 Å². The lowest BCUT2D eigenvalue weighted by Crippen LogP contribution is -2.41. The smallest absolute Gasteiger partial charge is 0.259 e. The van der Waals surface area contributed by atoms with Crippen molar-refractivity contribution in [2.24, 2.45) is 5.92 Å². The minimum absolute atomic E-state index is 0.0703. The molecule has 0 N–H and O–H groups in total. The van der Waals surface area contributed by atoms with Crippen molar-refractivity contribution in [2.45, 2.75) is 32.6 Å². The van der Waals surface area contributed by atoms with E-state index in [-0.39, 0.29) is 17.7 Å². The Morgan fingerprint density at radius 3 is 2.68 bits per heavy atom. The first-order valence-corrected chi connectivity index (χ1v) is 9.01. The maximum absolute atomic E-state index is 12.9. The number of aryl methyl sites for hydroxylation is 1. The van der Waals surface area contributed by atoms with Crippen LogP contribution in [0, 0.1) is 12.8 Å². The summed E-state index contributed by atoms with van der Waals surface area (Å²) in [5.41, 5.74) is 2.07. The fraction of sp³-hybridized carbons (Fsp3) is 0.556. The van der Waals surface area contributed by atoms with Gasteiger partial charge in [-0.25, -0.2) is 9.50 Å². The quantitative estimate of drug-likeness (QED) is 0.830. The molecular formula is C18H23N5O2. The number of aromatic nitrogens is 3. The second kappa shape index (κ2) is 6.46. The van der Waals surface area contributed by atoms with Gasteiger partial charge in [0.2, 0.25) is 5.91 Å². The highest BCUT2D eigenvalue weighted by molar-refractivity contribution is 6.00. The van der Waals surface area contributed by atoms with E-state index in [9.17, 15) is 9.59 Å². The summed E-state index contributed by atoms with van der Waals surface area (Å²) in [6.07, 6.45) is 9.30. The van der Waals surface area contributed by atoms with Gasteiger partial charge in [0.05, 0.1) is 12.1 Å². The van der Waals surface area contributed by atoms with Crippen molar-refractivity contribution in [3.8, 4) is 0 Å². The molecule has 0 aromatic carbocycles. The third kappa shape index (κ3) is 2.99. The molecule has 4 heterocycles. The van der Waals surface area contributed by atoms with Crippen molar-refractivity contribution < 1.29 is 9.59 Å². The summed E-state index contributed by atoms with van der Waals surface area (Å²) < 4.78 is 1.63. The molecule has 2 aliphatic heterocycles. The molecular weight excluding hydrogens is 318 g/mol. The fourth-order valence-electron chi connectivity index (χ4n) is 3.81. The van der Waals surface area contributed by atoms with E-state index in [0.717, 1.165) is 37.9 Å². The van der Waals surface area contributed by atoms with Crippen LogP contribution in [0.3, 0.4) is 0 Å². The molecule has 2 aliphatic rings.